The topological polar surface area (TPSA) is 90.4 Å². The van der Waals surface area contributed by atoms with Gasteiger partial charge in [0.15, 0.2) is 0 Å². The number of hydrogen-bond acceptors (Lipinski definition) is 4. The minimum absolute atomic E-state index is 0.170. The Balaban J connectivity index is 1.64. The molecule has 4 aromatic rings. The van der Waals surface area contributed by atoms with E-state index in [0.717, 1.165) is 10.2 Å². The molecule has 0 spiro atoms. The van der Waals surface area contributed by atoms with Crippen LogP contribution in [-0.2, 0) is 24.9 Å². The van der Waals surface area contributed by atoms with Crippen LogP contribution in [0.15, 0.2) is 58.1 Å². The van der Waals surface area contributed by atoms with Crippen molar-refractivity contribution in [3.05, 3.63) is 80.6 Å². The van der Waals surface area contributed by atoms with E-state index in [4.69, 9.17) is 0 Å². The highest BCUT2D eigenvalue weighted by Crippen LogP contribution is 2.15. The van der Waals surface area contributed by atoms with Crippen LogP contribution in [0.1, 0.15) is 5.56 Å². The molecule has 0 aliphatic carbocycles. The molecule has 1 amide bonds. The number of halogens is 1. The number of para-hydroxylation sites is 2. The maximum atomic E-state index is 12.9. The van der Waals surface area contributed by atoms with Crippen LogP contribution >= 0.6 is 0 Å². The van der Waals surface area contributed by atoms with E-state index < -0.39 is 23.6 Å². The molecule has 0 aliphatic heterocycles. The zero-order chi connectivity index (χ0) is 19.8. The van der Waals surface area contributed by atoms with Gasteiger partial charge in [0, 0.05) is 13.6 Å². The Hall–Kier alpha value is -3.75. The van der Waals surface area contributed by atoms with Gasteiger partial charge in [0.2, 0.25) is 11.7 Å². The fourth-order valence-corrected chi connectivity index (χ4v) is 3.08. The first-order valence-corrected chi connectivity index (χ1v) is 8.54. The molecular formula is C19H16FN5O3. The lowest BCUT2D eigenvalue weighted by Gasteiger charge is -2.07. The van der Waals surface area contributed by atoms with Crippen LogP contribution in [0.3, 0.4) is 0 Å². The van der Waals surface area contributed by atoms with Crippen molar-refractivity contribution in [2.75, 3.05) is 0 Å². The Bertz CT molecular complexity index is 1320. The monoisotopic (exact) mass is 381 g/mol. The van der Waals surface area contributed by atoms with Crippen LogP contribution in [0.4, 0.5) is 4.39 Å². The molecule has 2 aromatic carbocycles. The van der Waals surface area contributed by atoms with Gasteiger partial charge in [-0.15, -0.1) is 5.10 Å². The van der Waals surface area contributed by atoms with Crippen LogP contribution in [-0.4, -0.2) is 24.7 Å². The van der Waals surface area contributed by atoms with Crippen molar-refractivity contribution in [2.45, 2.75) is 13.1 Å². The predicted molar refractivity (Wildman–Crippen MR) is 100 cm³/mol. The molecule has 0 bridgehead atoms. The van der Waals surface area contributed by atoms with E-state index in [-0.39, 0.29) is 18.1 Å². The normalized spacial score (nSPS) is 11.2. The van der Waals surface area contributed by atoms with Gasteiger partial charge in [-0.25, -0.2) is 13.5 Å². The summed E-state index contributed by atoms with van der Waals surface area (Å²) in [6.45, 7) is -0.226. The summed E-state index contributed by atoms with van der Waals surface area (Å²) in [5, 5.41) is 6.82. The summed E-state index contributed by atoms with van der Waals surface area (Å²) in [6.07, 6.45) is 0. The lowest BCUT2D eigenvalue weighted by atomic mass is 10.2. The zero-order valence-electron chi connectivity index (χ0n) is 14.9. The SMILES string of the molecule is Cn1c2ccccc2n2c(=O)c(=O)n(CC(=O)NCc3ccc(F)cc3)nc12. The number of amides is 1. The van der Waals surface area contributed by atoms with Crippen molar-refractivity contribution >= 4 is 22.7 Å². The predicted octanol–water partition coefficient (Wildman–Crippen LogP) is 0.803. The molecule has 0 fully saturated rings. The van der Waals surface area contributed by atoms with Gasteiger partial charge in [-0.1, -0.05) is 24.3 Å². The third-order valence-electron chi connectivity index (χ3n) is 4.51. The van der Waals surface area contributed by atoms with Crippen molar-refractivity contribution in [3.63, 3.8) is 0 Å². The highest BCUT2D eigenvalue weighted by Gasteiger charge is 2.16. The number of carbonyl (C=O) groups is 1. The van der Waals surface area contributed by atoms with Crippen molar-refractivity contribution in [3.8, 4) is 0 Å². The Kier molecular flexibility index (Phi) is 4.26. The third kappa shape index (κ3) is 2.96. The fraction of sp³-hybridized carbons (Fsp3) is 0.158. The number of aryl methyl sites for hydroxylation is 1. The maximum absolute atomic E-state index is 12.9. The van der Waals surface area contributed by atoms with Crippen LogP contribution < -0.4 is 16.4 Å². The molecule has 0 unspecified atom stereocenters. The molecule has 2 heterocycles. The molecule has 0 saturated carbocycles. The number of carbonyl (C=O) groups excluding carboxylic acids is 1. The summed E-state index contributed by atoms with van der Waals surface area (Å²) in [7, 11) is 1.73. The fourth-order valence-electron chi connectivity index (χ4n) is 3.08. The number of aromatic nitrogens is 4. The summed E-state index contributed by atoms with van der Waals surface area (Å²) in [4.78, 5) is 37.2. The van der Waals surface area contributed by atoms with Crippen molar-refractivity contribution in [1.82, 2.24) is 24.1 Å². The quantitative estimate of drug-likeness (QED) is 0.530. The van der Waals surface area contributed by atoms with Gasteiger partial charge >= 0.3 is 11.1 Å². The van der Waals surface area contributed by atoms with E-state index in [1.54, 1.807) is 35.9 Å². The smallest absolute Gasteiger partial charge is 0.333 e. The van der Waals surface area contributed by atoms with E-state index in [1.807, 2.05) is 12.1 Å². The van der Waals surface area contributed by atoms with E-state index in [2.05, 4.69) is 10.4 Å². The molecule has 0 aliphatic rings. The maximum Gasteiger partial charge on any atom is 0.333 e. The van der Waals surface area contributed by atoms with Crippen LogP contribution in [0.25, 0.3) is 16.8 Å². The molecule has 9 heteroatoms. The summed E-state index contributed by atoms with van der Waals surface area (Å²) in [6, 6.07) is 12.8. The highest BCUT2D eigenvalue weighted by molar-refractivity contribution is 5.80. The Labute approximate surface area is 157 Å². The van der Waals surface area contributed by atoms with E-state index in [9.17, 15) is 18.8 Å². The zero-order valence-corrected chi connectivity index (χ0v) is 14.9. The molecule has 1 N–H and O–H groups in total. The first-order valence-electron chi connectivity index (χ1n) is 8.54. The first-order chi connectivity index (χ1) is 13.5. The number of hydrogen-bond donors (Lipinski definition) is 1. The minimum Gasteiger partial charge on any atom is -0.350 e. The largest absolute Gasteiger partial charge is 0.350 e. The van der Waals surface area contributed by atoms with Crippen molar-refractivity contribution in [2.24, 2.45) is 7.05 Å². The molecule has 0 radical (unpaired) electrons. The van der Waals surface area contributed by atoms with Crippen molar-refractivity contribution in [1.29, 1.82) is 0 Å². The van der Waals surface area contributed by atoms with Crippen LogP contribution in [0.2, 0.25) is 0 Å². The second-order valence-electron chi connectivity index (χ2n) is 6.35. The van der Waals surface area contributed by atoms with E-state index >= 15 is 0 Å². The molecule has 28 heavy (non-hydrogen) atoms. The lowest BCUT2D eigenvalue weighted by Crippen LogP contribution is -2.43. The second-order valence-corrected chi connectivity index (χ2v) is 6.35. The van der Waals surface area contributed by atoms with Crippen LogP contribution in [0.5, 0.6) is 0 Å². The molecule has 142 valence electrons. The third-order valence-corrected chi connectivity index (χ3v) is 4.51. The Morgan fingerprint density at radius 3 is 2.43 bits per heavy atom. The van der Waals surface area contributed by atoms with Gasteiger partial charge in [0.1, 0.15) is 12.4 Å². The summed E-state index contributed by atoms with van der Waals surface area (Å²) < 4.78 is 16.7. The van der Waals surface area contributed by atoms with Gasteiger partial charge in [0.05, 0.1) is 11.0 Å². The Morgan fingerprint density at radius 1 is 1.04 bits per heavy atom. The van der Waals surface area contributed by atoms with E-state index in [1.165, 1.54) is 16.5 Å². The van der Waals surface area contributed by atoms with Gasteiger partial charge in [-0.3, -0.25) is 14.4 Å². The number of nitrogens with zero attached hydrogens (tertiary/aromatic N) is 4. The second kappa shape index (κ2) is 6.76. The summed E-state index contributed by atoms with van der Waals surface area (Å²) in [5.74, 6) is -0.590. The van der Waals surface area contributed by atoms with Gasteiger partial charge in [-0.2, -0.15) is 0 Å². The summed E-state index contributed by atoms with van der Waals surface area (Å²) >= 11 is 0. The minimum atomic E-state index is -0.884. The lowest BCUT2D eigenvalue weighted by molar-refractivity contribution is -0.122. The van der Waals surface area contributed by atoms with Gasteiger partial charge in [-0.05, 0) is 29.8 Å². The van der Waals surface area contributed by atoms with Crippen LogP contribution in [0, 0.1) is 5.82 Å². The van der Waals surface area contributed by atoms with Crippen molar-refractivity contribution < 1.29 is 9.18 Å². The molecule has 0 saturated heterocycles. The molecule has 8 nitrogen and oxygen atoms in total. The highest BCUT2D eigenvalue weighted by atomic mass is 19.1. The first kappa shape index (κ1) is 17.7. The average molecular weight is 381 g/mol. The number of nitrogens with one attached hydrogen (secondary N) is 1. The standard InChI is InChI=1S/C19H16FN5O3/c1-23-14-4-2-3-5-15(14)25-18(28)17(27)24(22-19(23)25)11-16(26)21-10-12-6-8-13(20)9-7-12/h2-9H,10-11H2,1H3,(H,21,26). The summed E-state index contributed by atoms with van der Waals surface area (Å²) in [5.41, 5.74) is 0.366. The van der Waals surface area contributed by atoms with Gasteiger partial charge < -0.3 is 9.88 Å². The molecule has 4 rings (SSSR count). The number of rotatable bonds is 4. The van der Waals surface area contributed by atoms with E-state index in [0.29, 0.717) is 11.1 Å². The number of fused-ring (bicyclic) bond motifs is 3. The number of benzene rings is 2. The Morgan fingerprint density at radius 2 is 1.71 bits per heavy atom. The molecule has 2 aromatic heterocycles. The number of imidazole rings is 1. The molecule has 0 atom stereocenters. The average Bonchev–Trinajstić information content (AvgIpc) is 2.98. The van der Waals surface area contributed by atoms with Gasteiger partial charge in [0.25, 0.3) is 0 Å². The molecular weight excluding hydrogens is 365 g/mol.